The Morgan fingerprint density at radius 3 is 2.11 bits per heavy atom. The molecule has 0 saturated carbocycles. The molecule has 2 aromatic rings. The molecule has 3 rings (SSSR count). The Bertz CT molecular complexity index is 794. The van der Waals surface area contributed by atoms with Gasteiger partial charge in [0.1, 0.15) is 0 Å². The van der Waals surface area contributed by atoms with Gasteiger partial charge in [0.25, 0.3) is 0 Å². The number of carbonyl (C=O) groups is 2. The fourth-order valence-electron chi connectivity index (χ4n) is 3.40. The number of primary amides is 1. The maximum absolute atomic E-state index is 12.5. The zero-order valence-corrected chi connectivity index (χ0v) is 15.9. The molecule has 5 nitrogen and oxygen atoms in total. The number of urea groups is 1. The van der Waals surface area contributed by atoms with E-state index >= 15 is 0 Å². The molecule has 1 saturated heterocycles. The predicted molar refractivity (Wildman–Crippen MR) is 107 cm³/mol. The number of nitrogens with zero attached hydrogens (tertiary/aromatic N) is 1. The molecule has 0 unspecified atom stereocenters. The first-order valence-corrected chi connectivity index (χ1v) is 9.40. The number of hydrogen-bond acceptors (Lipinski definition) is 2. The van der Waals surface area contributed by atoms with Crippen molar-refractivity contribution in [3.8, 4) is 11.1 Å². The summed E-state index contributed by atoms with van der Waals surface area (Å²) in [7, 11) is 0. The van der Waals surface area contributed by atoms with Gasteiger partial charge in [-0.05, 0) is 36.5 Å². The van der Waals surface area contributed by atoms with Gasteiger partial charge in [-0.25, -0.2) is 4.79 Å². The molecule has 1 aliphatic rings. The summed E-state index contributed by atoms with van der Waals surface area (Å²) in [4.78, 5) is 25.9. The summed E-state index contributed by atoms with van der Waals surface area (Å²) in [6, 6.07) is 18.3. The Balaban J connectivity index is 1.58. The molecule has 27 heavy (non-hydrogen) atoms. The first kappa shape index (κ1) is 19.0. The highest BCUT2D eigenvalue weighted by Crippen LogP contribution is 2.30. The number of piperidine rings is 1. The summed E-state index contributed by atoms with van der Waals surface area (Å²) < 4.78 is 0. The van der Waals surface area contributed by atoms with Crippen LogP contribution in [0.25, 0.3) is 11.1 Å². The van der Waals surface area contributed by atoms with Crippen molar-refractivity contribution in [2.75, 3.05) is 13.1 Å². The standard InChI is InChI=1S/C22H27N3O2/c1-16(17-8-10-19(11-9-17)18-6-4-3-5-7-18)24-21(27)25-14-12-22(2,13-15-25)20(23)26/h3-11,16H,12-15H2,1-2H3,(H2,23,26)(H,24,27)/t16-/m0/s1. The van der Waals surface area contributed by atoms with E-state index in [0.717, 1.165) is 11.1 Å². The Kier molecular flexibility index (Phi) is 5.49. The summed E-state index contributed by atoms with van der Waals surface area (Å²) >= 11 is 0. The van der Waals surface area contributed by atoms with Gasteiger partial charge in [-0.2, -0.15) is 0 Å². The summed E-state index contributed by atoms with van der Waals surface area (Å²) in [5, 5.41) is 3.05. The summed E-state index contributed by atoms with van der Waals surface area (Å²) in [5.41, 5.74) is 8.35. The zero-order chi connectivity index (χ0) is 19.4. The van der Waals surface area contributed by atoms with Crippen LogP contribution in [0.2, 0.25) is 0 Å². The van der Waals surface area contributed by atoms with E-state index in [1.807, 2.05) is 44.2 Å². The van der Waals surface area contributed by atoms with Crippen LogP contribution in [0, 0.1) is 5.41 Å². The van der Waals surface area contributed by atoms with E-state index in [-0.39, 0.29) is 18.0 Å². The van der Waals surface area contributed by atoms with E-state index in [0.29, 0.717) is 25.9 Å². The van der Waals surface area contributed by atoms with Gasteiger partial charge >= 0.3 is 6.03 Å². The molecule has 142 valence electrons. The Labute approximate surface area is 160 Å². The van der Waals surface area contributed by atoms with Gasteiger partial charge in [-0.1, -0.05) is 61.5 Å². The van der Waals surface area contributed by atoms with E-state index in [2.05, 4.69) is 29.6 Å². The van der Waals surface area contributed by atoms with Crippen molar-refractivity contribution in [3.05, 3.63) is 60.2 Å². The lowest BCUT2D eigenvalue weighted by Gasteiger charge is -2.37. The van der Waals surface area contributed by atoms with Crippen LogP contribution in [0.3, 0.4) is 0 Å². The molecule has 2 aromatic carbocycles. The van der Waals surface area contributed by atoms with Crippen molar-refractivity contribution in [2.24, 2.45) is 11.1 Å². The fraction of sp³-hybridized carbons (Fsp3) is 0.364. The molecule has 1 aliphatic heterocycles. The van der Waals surface area contributed by atoms with Crippen LogP contribution in [-0.2, 0) is 4.79 Å². The lowest BCUT2D eigenvalue weighted by Crippen LogP contribution is -2.50. The number of nitrogens with two attached hydrogens (primary N) is 1. The maximum atomic E-state index is 12.5. The van der Waals surface area contributed by atoms with Crippen molar-refractivity contribution in [1.29, 1.82) is 0 Å². The quantitative estimate of drug-likeness (QED) is 0.866. The van der Waals surface area contributed by atoms with Gasteiger partial charge in [-0.3, -0.25) is 4.79 Å². The van der Waals surface area contributed by atoms with Gasteiger partial charge in [0.2, 0.25) is 5.91 Å². The Morgan fingerprint density at radius 1 is 1.00 bits per heavy atom. The van der Waals surface area contributed by atoms with Gasteiger partial charge in [0.15, 0.2) is 0 Å². The van der Waals surface area contributed by atoms with Crippen molar-refractivity contribution >= 4 is 11.9 Å². The van der Waals surface area contributed by atoms with Crippen molar-refractivity contribution in [1.82, 2.24) is 10.2 Å². The first-order valence-electron chi connectivity index (χ1n) is 9.40. The average Bonchev–Trinajstić information content (AvgIpc) is 2.69. The Morgan fingerprint density at radius 2 is 1.56 bits per heavy atom. The molecule has 1 fully saturated rings. The highest BCUT2D eigenvalue weighted by Gasteiger charge is 2.36. The molecule has 0 aliphatic carbocycles. The SMILES string of the molecule is C[C@H](NC(=O)N1CCC(C)(C(N)=O)CC1)c1ccc(-c2ccccc2)cc1. The second-order valence-corrected chi connectivity index (χ2v) is 7.57. The monoisotopic (exact) mass is 365 g/mol. The van der Waals surface area contributed by atoms with E-state index in [1.54, 1.807) is 4.90 Å². The molecule has 0 radical (unpaired) electrons. The molecular formula is C22H27N3O2. The van der Waals surface area contributed by atoms with Gasteiger partial charge < -0.3 is 16.0 Å². The fourth-order valence-corrected chi connectivity index (χ4v) is 3.40. The normalized spacial score (nSPS) is 17.2. The van der Waals surface area contributed by atoms with Crippen molar-refractivity contribution in [3.63, 3.8) is 0 Å². The largest absolute Gasteiger partial charge is 0.369 e. The van der Waals surface area contributed by atoms with Gasteiger partial charge in [-0.15, -0.1) is 0 Å². The van der Waals surface area contributed by atoms with E-state index in [9.17, 15) is 9.59 Å². The highest BCUT2D eigenvalue weighted by atomic mass is 16.2. The number of benzene rings is 2. The third-order valence-electron chi connectivity index (χ3n) is 5.61. The average molecular weight is 365 g/mol. The van der Waals surface area contributed by atoms with Crippen LogP contribution >= 0.6 is 0 Å². The van der Waals surface area contributed by atoms with Crippen LogP contribution < -0.4 is 11.1 Å². The maximum Gasteiger partial charge on any atom is 0.317 e. The summed E-state index contributed by atoms with van der Waals surface area (Å²) in [6.45, 7) is 4.95. The number of carbonyl (C=O) groups excluding carboxylic acids is 2. The molecule has 1 atom stereocenters. The smallest absolute Gasteiger partial charge is 0.317 e. The third-order valence-corrected chi connectivity index (χ3v) is 5.61. The van der Waals surface area contributed by atoms with Crippen LogP contribution in [0.4, 0.5) is 4.79 Å². The molecule has 0 bridgehead atoms. The molecule has 0 aromatic heterocycles. The topological polar surface area (TPSA) is 75.4 Å². The van der Waals surface area contributed by atoms with Crippen LogP contribution in [0.5, 0.6) is 0 Å². The third kappa shape index (κ3) is 4.30. The second kappa shape index (κ2) is 7.82. The number of amides is 3. The van der Waals surface area contributed by atoms with Gasteiger partial charge in [0.05, 0.1) is 6.04 Å². The molecule has 3 amide bonds. The van der Waals surface area contributed by atoms with E-state index in [1.165, 1.54) is 5.56 Å². The lowest BCUT2D eigenvalue weighted by molar-refractivity contribution is -0.128. The molecule has 5 heteroatoms. The molecular weight excluding hydrogens is 338 g/mol. The minimum Gasteiger partial charge on any atom is -0.369 e. The van der Waals surface area contributed by atoms with E-state index in [4.69, 9.17) is 5.73 Å². The number of rotatable bonds is 4. The van der Waals surface area contributed by atoms with Crippen molar-refractivity contribution < 1.29 is 9.59 Å². The zero-order valence-electron chi connectivity index (χ0n) is 15.9. The second-order valence-electron chi connectivity index (χ2n) is 7.57. The minimum atomic E-state index is -0.504. The van der Waals surface area contributed by atoms with Crippen molar-refractivity contribution in [2.45, 2.75) is 32.7 Å². The number of likely N-dealkylation sites (tertiary alicyclic amines) is 1. The van der Waals surface area contributed by atoms with Crippen LogP contribution in [0.1, 0.15) is 38.3 Å². The first-order chi connectivity index (χ1) is 12.9. The molecule has 3 N–H and O–H groups in total. The van der Waals surface area contributed by atoms with E-state index < -0.39 is 5.41 Å². The number of hydrogen-bond donors (Lipinski definition) is 2. The summed E-state index contributed by atoms with van der Waals surface area (Å²) in [5.74, 6) is -0.283. The van der Waals surface area contributed by atoms with Crippen LogP contribution in [-0.4, -0.2) is 29.9 Å². The summed E-state index contributed by atoms with van der Waals surface area (Å²) in [6.07, 6.45) is 1.21. The molecule has 1 heterocycles. The van der Waals surface area contributed by atoms with Gasteiger partial charge in [0, 0.05) is 18.5 Å². The predicted octanol–water partition coefficient (Wildman–Crippen LogP) is 3.71. The lowest BCUT2D eigenvalue weighted by atomic mass is 9.80. The number of nitrogens with one attached hydrogen (secondary N) is 1. The minimum absolute atomic E-state index is 0.0910. The Hall–Kier alpha value is -2.82. The molecule has 0 spiro atoms. The highest BCUT2D eigenvalue weighted by molar-refractivity contribution is 5.81. The van der Waals surface area contributed by atoms with Crippen LogP contribution in [0.15, 0.2) is 54.6 Å².